The molecule has 1 N–H and O–H groups in total. The van der Waals surface area contributed by atoms with Crippen LogP contribution in [0.5, 0.6) is 0 Å². The van der Waals surface area contributed by atoms with Crippen LogP contribution in [0.3, 0.4) is 0 Å². The molecule has 1 aliphatic rings. The van der Waals surface area contributed by atoms with Crippen molar-refractivity contribution in [3.8, 4) is 0 Å². The van der Waals surface area contributed by atoms with Crippen LogP contribution in [-0.4, -0.2) is 23.8 Å². The molecule has 0 heterocycles. The smallest absolute Gasteiger partial charge is 0.407 e. The van der Waals surface area contributed by atoms with Gasteiger partial charge in [0, 0.05) is 18.9 Å². The Balaban J connectivity index is 2.37. The molecule has 90 valence electrons. The standard InChI is InChI=1S/C12H20N2O2/c1-12(2,3)16-11(15)14-10-7-5-6-9(8-10)13-4/h9-10H,5-8H2,1-3H3,(H,14,15). The van der Waals surface area contributed by atoms with E-state index in [1.807, 2.05) is 20.8 Å². The predicted molar refractivity (Wildman–Crippen MR) is 62.0 cm³/mol. The molecule has 4 nitrogen and oxygen atoms in total. The number of carbonyl (C=O) groups excluding carboxylic acids is 1. The van der Waals surface area contributed by atoms with Crippen LogP contribution in [0.2, 0.25) is 0 Å². The Morgan fingerprint density at radius 3 is 2.69 bits per heavy atom. The summed E-state index contributed by atoms with van der Waals surface area (Å²) in [6.45, 7) is 12.5. The SMILES string of the molecule is [C-]#[N+]C1CCCC(NC(=O)OC(C)(C)C)C1. The van der Waals surface area contributed by atoms with Crippen LogP contribution in [0.25, 0.3) is 4.85 Å². The van der Waals surface area contributed by atoms with E-state index in [-0.39, 0.29) is 18.2 Å². The molecule has 1 saturated carbocycles. The molecule has 0 radical (unpaired) electrons. The first-order valence-corrected chi connectivity index (χ1v) is 5.77. The average Bonchev–Trinajstić information content (AvgIpc) is 2.15. The number of hydrogen-bond donors (Lipinski definition) is 1. The van der Waals surface area contributed by atoms with Crippen LogP contribution in [0.15, 0.2) is 0 Å². The van der Waals surface area contributed by atoms with Gasteiger partial charge in [0.2, 0.25) is 6.04 Å². The molecule has 0 bridgehead atoms. The molecule has 1 fully saturated rings. The number of alkyl carbamates (subject to hydrolysis) is 1. The second kappa shape index (κ2) is 5.20. The Morgan fingerprint density at radius 2 is 2.12 bits per heavy atom. The molecule has 4 heteroatoms. The quantitative estimate of drug-likeness (QED) is 0.696. The third-order valence-corrected chi connectivity index (χ3v) is 2.55. The summed E-state index contributed by atoms with van der Waals surface area (Å²) in [4.78, 5) is 15.0. The molecule has 0 aromatic rings. The first-order chi connectivity index (χ1) is 7.40. The Kier molecular flexibility index (Phi) is 4.17. The fraction of sp³-hybridized carbons (Fsp3) is 0.833. The van der Waals surface area contributed by atoms with Gasteiger partial charge in [0.05, 0.1) is 0 Å². The van der Waals surface area contributed by atoms with E-state index in [4.69, 9.17) is 11.3 Å². The van der Waals surface area contributed by atoms with E-state index in [9.17, 15) is 4.79 Å². The highest BCUT2D eigenvalue weighted by molar-refractivity contribution is 5.68. The summed E-state index contributed by atoms with van der Waals surface area (Å²) in [5, 5.41) is 2.84. The number of carbonyl (C=O) groups is 1. The Labute approximate surface area is 97.2 Å². The van der Waals surface area contributed by atoms with E-state index >= 15 is 0 Å². The van der Waals surface area contributed by atoms with Crippen molar-refractivity contribution in [2.75, 3.05) is 0 Å². The Morgan fingerprint density at radius 1 is 1.44 bits per heavy atom. The van der Waals surface area contributed by atoms with E-state index in [1.165, 1.54) is 0 Å². The topological polar surface area (TPSA) is 42.7 Å². The Hall–Kier alpha value is -1.24. The highest BCUT2D eigenvalue weighted by atomic mass is 16.6. The molecule has 1 rings (SSSR count). The third kappa shape index (κ3) is 4.52. The highest BCUT2D eigenvalue weighted by Crippen LogP contribution is 2.21. The van der Waals surface area contributed by atoms with Crippen LogP contribution in [0.4, 0.5) is 4.79 Å². The molecular formula is C12H20N2O2. The van der Waals surface area contributed by atoms with Crippen LogP contribution in [-0.2, 0) is 4.74 Å². The number of ether oxygens (including phenoxy) is 1. The molecule has 0 aromatic heterocycles. The summed E-state index contributed by atoms with van der Waals surface area (Å²) in [5.41, 5.74) is -0.460. The monoisotopic (exact) mass is 224 g/mol. The van der Waals surface area contributed by atoms with Gasteiger partial charge in [-0.15, -0.1) is 0 Å². The average molecular weight is 224 g/mol. The van der Waals surface area contributed by atoms with E-state index in [0.29, 0.717) is 0 Å². The normalized spacial score (nSPS) is 25.6. The highest BCUT2D eigenvalue weighted by Gasteiger charge is 2.27. The van der Waals surface area contributed by atoms with Crippen molar-refractivity contribution in [3.05, 3.63) is 11.4 Å². The Bertz CT molecular complexity index is 288. The van der Waals surface area contributed by atoms with Crippen molar-refractivity contribution in [3.63, 3.8) is 0 Å². The van der Waals surface area contributed by atoms with Crippen LogP contribution < -0.4 is 5.32 Å². The number of rotatable bonds is 1. The van der Waals surface area contributed by atoms with Crippen molar-refractivity contribution >= 4 is 6.09 Å². The van der Waals surface area contributed by atoms with Gasteiger partial charge in [0.25, 0.3) is 0 Å². The maximum Gasteiger partial charge on any atom is 0.407 e. The number of amides is 1. The molecule has 0 saturated heterocycles. The zero-order valence-electron chi connectivity index (χ0n) is 10.2. The van der Waals surface area contributed by atoms with Crippen LogP contribution in [0, 0.1) is 6.57 Å². The van der Waals surface area contributed by atoms with E-state index in [0.717, 1.165) is 25.7 Å². The van der Waals surface area contributed by atoms with Gasteiger partial charge in [0.15, 0.2) is 0 Å². The predicted octanol–water partition coefficient (Wildman–Crippen LogP) is 2.74. The fourth-order valence-corrected chi connectivity index (χ4v) is 1.89. The minimum absolute atomic E-state index is 0.0636. The van der Waals surface area contributed by atoms with Crippen LogP contribution >= 0.6 is 0 Å². The summed E-state index contributed by atoms with van der Waals surface area (Å²) >= 11 is 0. The van der Waals surface area contributed by atoms with Gasteiger partial charge in [-0.3, -0.25) is 0 Å². The van der Waals surface area contributed by atoms with Gasteiger partial charge in [-0.1, -0.05) is 0 Å². The summed E-state index contributed by atoms with van der Waals surface area (Å²) in [7, 11) is 0. The van der Waals surface area contributed by atoms with Crippen molar-refractivity contribution in [2.24, 2.45) is 0 Å². The maximum atomic E-state index is 11.5. The molecular weight excluding hydrogens is 204 g/mol. The van der Waals surface area contributed by atoms with Crippen molar-refractivity contribution < 1.29 is 9.53 Å². The fourth-order valence-electron chi connectivity index (χ4n) is 1.89. The molecule has 0 aromatic carbocycles. The number of nitrogens with one attached hydrogen (secondary N) is 1. The second-order valence-corrected chi connectivity index (χ2v) is 5.29. The molecule has 2 unspecified atom stereocenters. The number of nitrogens with zero attached hydrogens (tertiary/aromatic N) is 1. The second-order valence-electron chi connectivity index (χ2n) is 5.29. The summed E-state index contributed by atoms with van der Waals surface area (Å²) in [6, 6.07) is 0.163. The molecule has 16 heavy (non-hydrogen) atoms. The lowest BCUT2D eigenvalue weighted by molar-refractivity contribution is 0.0492. The minimum atomic E-state index is -0.460. The largest absolute Gasteiger partial charge is 0.444 e. The van der Waals surface area contributed by atoms with E-state index in [2.05, 4.69) is 10.2 Å². The lowest BCUT2D eigenvalue weighted by Gasteiger charge is -2.26. The van der Waals surface area contributed by atoms with Gasteiger partial charge in [-0.05, 0) is 33.6 Å². The molecule has 1 amide bonds. The summed E-state index contributed by atoms with van der Waals surface area (Å²) in [5.74, 6) is 0. The van der Waals surface area contributed by atoms with Crippen LogP contribution in [0.1, 0.15) is 46.5 Å². The van der Waals surface area contributed by atoms with E-state index < -0.39 is 5.60 Å². The lowest BCUT2D eigenvalue weighted by atomic mass is 9.92. The van der Waals surface area contributed by atoms with Gasteiger partial charge in [-0.25, -0.2) is 11.4 Å². The summed E-state index contributed by atoms with van der Waals surface area (Å²) < 4.78 is 5.18. The number of hydrogen-bond acceptors (Lipinski definition) is 2. The van der Waals surface area contributed by atoms with Gasteiger partial charge >= 0.3 is 6.09 Å². The zero-order chi connectivity index (χ0) is 12.2. The lowest BCUT2D eigenvalue weighted by Crippen LogP contribution is -2.42. The van der Waals surface area contributed by atoms with Crippen molar-refractivity contribution in [1.82, 2.24) is 5.32 Å². The van der Waals surface area contributed by atoms with Gasteiger partial charge < -0.3 is 14.9 Å². The van der Waals surface area contributed by atoms with Gasteiger partial charge in [0.1, 0.15) is 5.60 Å². The minimum Gasteiger partial charge on any atom is -0.444 e. The first kappa shape index (κ1) is 12.8. The molecule has 2 atom stereocenters. The first-order valence-electron chi connectivity index (χ1n) is 5.77. The van der Waals surface area contributed by atoms with Crippen molar-refractivity contribution in [2.45, 2.75) is 64.1 Å². The van der Waals surface area contributed by atoms with E-state index in [1.54, 1.807) is 0 Å². The van der Waals surface area contributed by atoms with Crippen molar-refractivity contribution in [1.29, 1.82) is 0 Å². The molecule has 1 aliphatic carbocycles. The zero-order valence-corrected chi connectivity index (χ0v) is 10.2. The summed E-state index contributed by atoms with van der Waals surface area (Å²) in [6.07, 6.45) is 3.29. The van der Waals surface area contributed by atoms with Gasteiger partial charge in [-0.2, -0.15) is 0 Å². The molecule has 0 aliphatic heterocycles. The molecule has 0 spiro atoms. The maximum absolute atomic E-state index is 11.5. The third-order valence-electron chi connectivity index (χ3n) is 2.55.